The van der Waals surface area contributed by atoms with E-state index in [1.165, 1.54) is 0 Å². The fraction of sp³-hybridized carbons (Fsp3) is 0.103. The molecule has 0 saturated carbocycles. The van der Waals surface area contributed by atoms with Gasteiger partial charge in [0.2, 0.25) is 0 Å². The van der Waals surface area contributed by atoms with Gasteiger partial charge in [-0.15, -0.1) is 11.8 Å². The molecule has 0 aromatic heterocycles. The third kappa shape index (κ3) is 4.53. The second-order valence-electron chi connectivity index (χ2n) is 8.32. The Kier molecular flexibility index (Phi) is 7.62. The van der Waals surface area contributed by atoms with E-state index in [1.807, 2.05) is 24.5 Å². The number of amidine groups is 1. The number of aliphatic hydroxyl groups excluding tert-OH is 1. The second-order valence-corrected chi connectivity index (χ2v) is 13.5. The highest BCUT2D eigenvalue weighted by atomic mass is 35.5. The molecule has 0 aliphatic carbocycles. The molecule has 1 N–H and O–H groups in total. The molecule has 4 aromatic rings. The summed E-state index contributed by atoms with van der Waals surface area (Å²) in [5, 5.41) is 17.1. The van der Waals surface area contributed by atoms with E-state index in [9.17, 15) is 5.11 Å². The number of aliphatic imine (C=N–C) groups is 2. The molecule has 2 atom stereocenters. The lowest BCUT2D eigenvalue weighted by Gasteiger charge is -2.37. The van der Waals surface area contributed by atoms with Gasteiger partial charge in [0.25, 0.3) is 0 Å². The van der Waals surface area contributed by atoms with Gasteiger partial charge in [-0.3, -0.25) is 0 Å². The molecule has 5 rings (SSSR count). The van der Waals surface area contributed by atoms with Gasteiger partial charge in [0, 0.05) is 10.6 Å². The number of hydrogen-bond donors (Lipinski definition) is 1. The van der Waals surface area contributed by atoms with Crippen LogP contribution in [0.25, 0.3) is 0 Å². The van der Waals surface area contributed by atoms with E-state index in [-0.39, 0.29) is 5.66 Å². The van der Waals surface area contributed by atoms with Crippen LogP contribution in [-0.4, -0.2) is 34.1 Å². The van der Waals surface area contributed by atoms with Crippen molar-refractivity contribution in [2.24, 2.45) is 9.98 Å². The minimum absolute atomic E-state index is 0.366. The summed E-state index contributed by atoms with van der Waals surface area (Å²) < 4.78 is 0. The molecule has 0 unspecified atom stereocenters. The molecular weight excluding hydrogens is 526 g/mol. The number of rotatable bonds is 5. The third-order valence-corrected chi connectivity index (χ3v) is 12.5. The molecular formula is C29H24Cl2N2OPS+. The van der Waals surface area contributed by atoms with Crippen LogP contribution in [0, 0.1) is 0 Å². The molecule has 1 aliphatic heterocycles. The van der Waals surface area contributed by atoms with Crippen molar-refractivity contribution >= 4 is 69.0 Å². The van der Waals surface area contributed by atoms with Crippen molar-refractivity contribution in [2.45, 2.75) is 11.9 Å². The summed E-state index contributed by atoms with van der Waals surface area (Å²) in [6.45, 7) is 0. The SMILES string of the molecule is CSC1=NC(c2ccc(Cl)cc2Cl)=N[C@@H](O)[C@H]1[P+](c1ccccc1)(c1ccccc1)c1ccccc1. The molecule has 0 amide bonds. The molecule has 3 nitrogen and oxygen atoms in total. The fourth-order valence-electron chi connectivity index (χ4n) is 4.77. The Morgan fingerprint density at radius 2 is 1.25 bits per heavy atom. The Balaban J connectivity index is 1.78. The van der Waals surface area contributed by atoms with Crippen LogP contribution in [0.2, 0.25) is 10.0 Å². The first kappa shape index (κ1) is 25.2. The maximum atomic E-state index is 11.8. The zero-order valence-electron chi connectivity index (χ0n) is 19.5. The molecule has 0 fully saturated rings. The maximum Gasteiger partial charge on any atom is 0.191 e. The molecule has 7 heteroatoms. The predicted octanol–water partition coefficient (Wildman–Crippen LogP) is 6.20. The Morgan fingerprint density at radius 3 is 1.69 bits per heavy atom. The summed E-state index contributed by atoms with van der Waals surface area (Å²) in [5.41, 5.74) is 0.280. The van der Waals surface area contributed by atoms with E-state index in [1.54, 1.807) is 30.0 Å². The quantitative estimate of drug-likeness (QED) is 0.301. The van der Waals surface area contributed by atoms with E-state index in [0.29, 0.717) is 21.4 Å². The summed E-state index contributed by atoms with van der Waals surface area (Å²) in [7, 11) is -2.46. The lowest BCUT2D eigenvalue weighted by Crippen LogP contribution is -2.48. The van der Waals surface area contributed by atoms with Gasteiger partial charge in [-0.05, 0) is 60.9 Å². The molecule has 1 aliphatic rings. The highest BCUT2D eigenvalue weighted by molar-refractivity contribution is 8.15. The van der Waals surface area contributed by atoms with Crippen molar-refractivity contribution in [3.63, 3.8) is 0 Å². The smallest absolute Gasteiger partial charge is 0.191 e. The first-order valence-electron chi connectivity index (χ1n) is 11.4. The van der Waals surface area contributed by atoms with Crippen LogP contribution in [0.15, 0.2) is 119 Å². The van der Waals surface area contributed by atoms with Crippen LogP contribution >= 0.6 is 42.2 Å². The predicted molar refractivity (Wildman–Crippen MR) is 159 cm³/mol. The number of hydrogen-bond acceptors (Lipinski definition) is 4. The minimum atomic E-state index is -2.46. The second kappa shape index (κ2) is 10.9. The van der Waals surface area contributed by atoms with Gasteiger partial charge in [-0.25, -0.2) is 9.98 Å². The van der Waals surface area contributed by atoms with Gasteiger partial charge < -0.3 is 5.11 Å². The van der Waals surface area contributed by atoms with E-state index in [4.69, 9.17) is 33.2 Å². The molecule has 0 bridgehead atoms. The first-order valence-corrected chi connectivity index (χ1v) is 15.3. The van der Waals surface area contributed by atoms with Crippen molar-refractivity contribution in [2.75, 3.05) is 6.26 Å². The van der Waals surface area contributed by atoms with E-state index < -0.39 is 13.5 Å². The average molecular weight is 550 g/mol. The van der Waals surface area contributed by atoms with Crippen LogP contribution in [0.1, 0.15) is 5.56 Å². The van der Waals surface area contributed by atoms with Crippen LogP contribution < -0.4 is 15.9 Å². The molecule has 1 heterocycles. The summed E-state index contributed by atoms with van der Waals surface area (Å²) in [6.07, 6.45) is 0.973. The summed E-state index contributed by atoms with van der Waals surface area (Å²) in [4.78, 5) is 9.74. The van der Waals surface area contributed by atoms with Crippen molar-refractivity contribution in [3.8, 4) is 0 Å². The number of thioether (sulfide) groups is 1. The largest absolute Gasteiger partial charge is 0.368 e. The molecule has 0 spiro atoms. The van der Waals surface area contributed by atoms with Crippen molar-refractivity contribution in [3.05, 3.63) is 125 Å². The highest BCUT2D eigenvalue weighted by Gasteiger charge is 2.58. The molecule has 0 radical (unpaired) electrons. The molecule has 0 saturated heterocycles. The van der Waals surface area contributed by atoms with Crippen molar-refractivity contribution < 1.29 is 5.11 Å². The molecule has 180 valence electrons. The van der Waals surface area contributed by atoms with Gasteiger partial charge in [0.05, 0.1) is 5.02 Å². The molecule has 4 aromatic carbocycles. The topological polar surface area (TPSA) is 45.0 Å². The van der Waals surface area contributed by atoms with Crippen molar-refractivity contribution in [1.29, 1.82) is 0 Å². The molecule has 36 heavy (non-hydrogen) atoms. The minimum Gasteiger partial charge on any atom is -0.368 e. The standard InChI is InChI=1S/C29H24Cl2N2OPS/c1-36-29-26(28(34)32-27(33-29)24-18-17-20(30)19-25(24)31)35(21-11-5-2-6-12-21,22-13-7-3-8-14-22)23-15-9-4-10-16-23/h2-19,26,28,34H,1H3/q+1/t26-,28+/m1/s1. The van der Waals surface area contributed by atoms with Crippen LogP contribution in [0.4, 0.5) is 0 Å². The van der Waals surface area contributed by atoms with E-state index >= 15 is 0 Å². The van der Waals surface area contributed by atoms with Crippen LogP contribution in [0.3, 0.4) is 0 Å². The van der Waals surface area contributed by atoms with Crippen LogP contribution in [-0.2, 0) is 0 Å². The summed E-state index contributed by atoms with van der Waals surface area (Å²) in [6, 6.07) is 36.6. The normalized spacial score (nSPS) is 17.9. The highest BCUT2D eigenvalue weighted by Crippen LogP contribution is 2.62. The Labute approximate surface area is 226 Å². The van der Waals surface area contributed by atoms with E-state index in [2.05, 4.69) is 72.8 Å². The van der Waals surface area contributed by atoms with Crippen molar-refractivity contribution in [1.82, 2.24) is 0 Å². The van der Waals surface area contributed by atoms with Gasteiger partial charge >= 0.3 is 0 Å². The average Bonchev–Trinajstić information content (AvgIpc) is 2.91. The zero-order valence-corrected chi connectivity index (χ0v) is 22.7. The number of benzene rings is 4. The van der Waals surface area contributed by atoms with Gasteiger partial charge in [-0.2, -0.15) is 0 Å². The first-order chi connectivity index (χ1) is 17.6. The number of nitrogens with zero attached hydrogens (tertiary/aromatic N) is 2. The van der Waals surface area contributed by atoms with Gasteiger partial charge in [0.15, 0.2) is 17.7 Å². The lowest BCUT2D eigenvalue weighted by atomic mass is 10.2. The summed E-state index contributed by atoms with van der Waals surface area (Å²) >= 11 is 14.2. The maximum absolute atomic E-state index is 11.8. The third-order valence-electron chi connectivity index (χ3n) is 6.29. The Morgan fingerprint density at radius 1 is 0.750 bits per heavy atom. The lowest BCUT2D eigenvalue weighted by molar-refractivity contribution is 0.195. The fourth-order valence-corrected chi connectivity index (χ4v) is 11.2. The number of aliphatic hydroxyl groups is 1. The van der Waals surface area contributed by atoms with E-state index in [0.717, 1.165) is 21.0 Å². The van der Waals surface area contributed by atoms with Gasteiger partial charge in [-0.1, -0.05) is 77.8 Å². The van der Waals surface area contributed by atoms with Crippen LogP contribution in [0.5, 0.6) is 0 Å². The number of halogens is 2. The monoisotopic (exact) mass is 549 g/mol. The zero-order chi connectivity index (χ0) is 25.1. The summed E-state index contributed by atoms with van der Waals surface area (Å²) in [5.74, 6) is 0.414. The van der Waals surface area contributed by atoms with Gasteiger partial charge in [0.1, 0.15) is 28.2 Å². The Bertz CT molecular complexity index is 1320. The Hall–Kier alpha value is -2.46.